The van der Waals surface area contributed by atoms with E-state index in [2.05, 4.69) is 5.32 Å². The summed E-state index contributed by atoms with van der Waals surface area (Å²) in [5.41, 5.74) is 0.622. The normalized spacial score (nSPS) is 10.6. The van der Waals surface area contributed by atoms with Gasteiger partial charge in [0.2, 0.25) is 0 Å². The lowest BCUT2D eigenvalue weighted by molar-refractivity contribution is -0.385. The molecule has 0 saturated heterocycles. The second-order valence-corrected chi connectivity index (χ2v) is 4.36. The molecular formula is C14H11F3N2O2. The van der Waals surface area contributed by atoms with E-state index >= 15 is 0 Å². The SMILES string of the molecule is O=[N+]([O-])c1ccccc1CNCc1cc(F)c(F)c(F)c1. The molecule has 1 N–H and O–H groups in total. The number of para-hydroxylation sites is 1. The first-order valence-electron chi connectivity index (χ1n) is 6.05. The van der Waals surface area contributed by atoms with Crippen molar-refractivity contribution in [3.8, 4) is 0 Å². The van der Waals surface area contributed by atoms with Crippen LogP contribution in [0.4, 0.5) is 18.9 Å². The molecule has 0 bridgehead atoms. The fraction of sp³-hybridized carbons (Fsp3) is 0.143. The summed E-state index contributed by atoms with van der Waals surface area (Å²) in [6.45, 7) is 0.206. The topological polar surface area (TPSA) is 55.2 Å². The van der Waals surface area contributed by atoms with Crippen LogP contribution in [0.1, 0.15) is 11.1 Å². The fourth-order valence-electron chi connectivity index (χ4n) is 1.89. The predicted octanol–water partition coefficient (Wildman–Crippen LogP) is 3.30. The molecule has 2 aromatic carbocycles. The third-order valence-electron chi connectivity index (χ3n) is 2.88. The molecule has 0 unspecified atom stereocenters. The lowest BCUT2D eigenvalue weighted by Gasteiger charge is -2.07. The standard InChI is InChI=1S/C14H11F3N2O2/c15-11-5-9(6-12(16)14(11)17)7-18-8-10-3-1-2-4-13(10)19(20)21/h1-6,18H,7-8H2. The van der Waals surface area contributed by atoms with Crippen molar-refractivity contribution in [3.63, 3.8) is 0 Å². The lowest BCUT2D eigenvalue weighted by atomic mass is 10.1. The average molecular weight is 296 g/mol. The fourth-order valence-corrected chi connectivity index (χ4v) is 1.89. The molecule has 0 radical (unpaired) electrons. The Morgan fingerprint density at radius 3 is 2.29 bits per heavy atom. The lowest BCUT2D eigenvalue weighted by Crippen LogP contribution is -2.14. The van der Waals surface area contributed by atoms with Crippen molar-refractivity contribution in [1.82, 2.24) is 5.32 Å². The van der Waals surface area contributed by atoms with Crippen LogP contribution in [0.5, 0.6) is 0 Å². The highest BCUT2D eigenvalue weighted by molar-refractivity contribution is 5.39. The maximum atomic E-state index is 13.0. The van der Waals surface area contributed by atoms with E-state index < -0.39 is 22.4 Å². The van der Waals surface area contributed by atoms with Crippen LogP contribution in [0.2, 0.25) is 0 Å². The third kappa shape index (κ3) is 3.57. The van der Waals surface area contributed by atoms with Crippen molar-refractivity contribution >= 4 is 5.69 Å². The van der Waals surface area contributed by atoms with Gasteiger partial charge in [-0.15, -0.1) is 0 Å². The summed E-state index contributed by atoms with van der Waals surface area (Å²) in [5, 5.41) is 13.6. The number of benzene rings is 2. The third-order valence-corrected chi connectivity index (χ3v) is 2.88. The first-order valence-corrected chi connectivity index (χ1v) is 6.05. The largest absolute Gasteiger partial charge is 0.308 e. The summed E-state index contributed by atoms with van der Waals surface area (Å²) in [6, 6.07) is 7.91. The molecule has 2 aromatic rings. The number of nitrogens with one attached hydrogen (secondary N) is 1. The Morgan fingerprint density at radius 2 is 1.67 bits per heavy atom. The summed E-state index contributed by atoms with van der Waals surface area (Å²) in [5.74, 6) is -4.05. The zero-order valence-corrected chi connectivity index (χ0v) is 10.8. The first kappa shape index (κ1) is 15.0. The van der Waals surface area contributed by atoms with Gasteiger partial charge < -0.3 is 5.32 Å². The molecule has 110 valence electrons. The number of hydrogen-bond donors (Lipinski definition) is 1. The van der Waals surface area contributed by atoms with E-state index in [9.17, 15) is 23.3 Å². The molecule has 0 amide bonds. The van der Waals surface area contributed by atoms with Crippen LogP contribution < -0.4 is 5.32 Å². The molecule has 4 nitrogen and oxygen atoms in total. The van der Waals surface area contributed by atoms with Gasteiger partial charge in [0.1, 0.15) is 0 Å². The van der Waals surface area contributed by atoms with Gasteiger partial charge in [-0.05, 0) is 17.7 Å². The molecule has 0 heterocycles. The molecule has 0 fully saturated rings. The second kappa shape index (κ2) is 6.36. The van der Waals surface area contributed by atoms with E-state index in [-0.39, 0.29) is 24.3 Å². The maximum Gasteiger partial charge on any atom is 0.273 e. The van der Waals surface area contributed by atoms with Crippen LogP contribution in [-0.2, 0) is 13.1 Å². The van der Waals surface area contributed by atoms with Gasteiger partial charge in [0.25, 0.3) is 5.69 Å². The van der Waals surface area contributed by atoms with Gasteiger partial charge in [0.15, 0.2) is 17.5 Å². The Labute approximate surface area is 118 Å². The summed E-state index contributed by atoms with van der Waals surface area (Å²) in [4.78, 5) is 10.3. The second-order valence-electron chi connectivity index (χ2n) is 4.36. The van der Waals surface area contributed by atoms with Crippen LogP contribution in [0.15, 0.2) is 36.4 Å². The Bertz CT molecular complexity index is 654. The van der Waals surface area contributed by atoms with Gasteiger partial charge in [-0.25, -0.2) is 13.2 Å². The van der Waals surface area contributed by atoms with Gasteiger partial charge in [-0.1, -0.05) is 18.2 Å². The van der Waals surface area contributed by atoms with Crippen molar-refractivity contribution in [2.75, 3.05) is 0 Å². The smallest absolute Gasteiger partial charge is 0.273 e. The van der Waals surface area contributed by atoms with E-state index in [1.54, 1.807) is 18.2 Å². The number of halogens is 3. The number of hydrogen-bond acceptors (Lipinski definition) is 3. The minimum atomic E-state index is -1.52. The van der Waals surface area contributed by atoms with Crippen molar-refractivity contribution in [1.29, 1.82) is 0 Å². The molecule has 0 aliphatic heterocycles. The minimum absolute atomic E-state index is 0.0403. The molecule has 0 aliphatic carbocycles. The molecule has 0 aliphatic rings. The molecule has 0 aromatic heterocycles. The minimum Gasteiger partial charge on any atom is -0.308 e. The average Bonchev–Trinajstić information content (AvgIpc) is 2.45. The number of nitrogens with zero attached hydrogens (tertiary/aromatic N) is 1. The summed E-state index contributed by atoms with van der Waals surface area (Å²) in [6.07, 6.45) is 0. The molecule has 7 heteroatoms. The highest BCUT2D eigenvalue weighted by Crippen LogP contribution is 2.18. The van der Waals surface area contributed by atoms with Crippen LogP contribution >= 0.6 is 0 Å². The molecular weight excluding hydrogens is 285 g/mol. The number of nitro benzene ring substituents is 1. The van der Waals surface area contributed by atoms with Crippen LogP contribution in [0.3, 0.4) is 0 Å². The predicted molar refractivity (Wildman–Crippen MR) is 70.0 cm³/mol. The van der Waals surface area contributed by atoms with Crippen molar-refractivity contribution < 1.29 is 18.1 Å². The first-order chi connectivity index (χ1) is 9.99. The summed E-state index contributed by atoms with van der Waals surface area (Å²) < 4.78 is 38.9. The number of nitro groups is 1. The van der Waals surface area contributed by atoms with Gasteiger partial charge in [-0.2, -0.15) is 0 Å². The van der Waals surface area contributed by atoms with E-state index in [1.165, 1.54) is 6.07 Å². The van der Waals surface area contributed by atoms with Crippen molar-refractivity contribution in [2.45, 2.75) is 13.1 Å². The van der Waals surface area contributed by atoms with Crippen molar-refractivity contribution in [2.24, 2.45) is 0 Å². The highest BCUT2D eigenvalue weighted by atomic mass is 19.2. The summed E-state index contributed by atoms with van der Waals surface area (Å²) in [7, 11) is 0. The van der Waals surface area contributed by atoms with Crippen molar-refractivity contribution in [3.05, 3.63) is 75.1 Å². The summed E-state index contributed by atoms with van der Waals surface area (Å²) >= 11 is 0. The molecule has 0 saturated carbocycles. The Kier molecular flexibility index (Phi) is 4.54. The quantitative estimate of drug-likeness (QED) is 0.523. The van der Waals surface area contributed by atoms with Crippen LogP contribution in [0.25, 0.3) is 0 Å². The van der Waals surface area contributed by atoms with E-state index in [0.29, 0.717) is 5.56 Å². The highest BCUT2D eigenvalue weighted by Gasteiger charge is 2.13. The van der Waals surface area contributed by atoms with Gasteiger partial charge in [0.05, 0.1) is 4.92 Å². The van der Waals surface area contributed by atoms with Crippen LogP contribution in [-0.4, -0.2) is 4.92 Å². The Morgan fingerprint density at radius 1 is 1.05 bits per heavy atom. The van der Waals surface area contributed by atoms with E-state index in [0.717, 1.165) is 12.1 Å². The molecule has 2 rings (SSSR count). The zero-order valence-electron chi connectivity index (χ0n) is 10.8. The molecule has 0 atom stereocenters. The monoisotopic (exact) mass is 296 g/mol. The van der Waals surface area contributed by atoms with E-state index in [1.807, 2.05) is 0 Å². The van der Waals surface area contributed by atoms with Crippen LogP contribution in [0, 0.1) is 27.6 Å². The van der Waals surface area contributed by atoms with E-state index in [4.69, 9.17) is 0 Å². The molecule has 0 spiro atoms. The molecule has 21 heavy (non-hydrogen) atoms. The Hall–Kier alpha value is -2.41. The van der Waals surface area contributed by atoms with Gasteiger partial charge in [0, 0.05) is 24.7 Å². The van der Waals surface area contributed by atoms with Gasteiger partial charge >= 0.3 is 0 Å². The zero-order chi connectivity index (χ0) is 15.4. The maximum absolute atomic E-state index is 13.0. The number of rotatable bonds is 5. The Balaban J connectivity index is 2.04. The van der Waals surface area contributed by atoms with Gasteiger partial charge in [-0.3, -0.25) is 10.1 Å².